The van der Waals surface area contributed by atoms with Crippen molar-refractivity contribution in [2.45, 2.75) is 77.1 Å². The minimum absolute atomic E-state index is 0.417. The van der Waals surface area contributed by atoms with Gasteiger partial charge in [0.15, 0.2) is 5.69 Å². The fraction of sp³-hybridized carbons (Fsp3) is 0.708. The van der Waals surface area contributed by atoms with Crippen LogP contribution in [0.4, 0.5) is 44.3 Å². The molecule has 236 valence electrons. The Morgan fingerprint density at radius 2 is 1.60 bits per heavy atom. The topological polar surface area (TPSA) is 119 Å². The van der Waals surface area contributed by atoms with Crippen molar-refractivity contribution < 1.29 is 58.6 Å². The zero-order valence-electron chi connectivity index (χ0n) is 22.6. The number of aromatic nitrogens is 2. The Morgan fingerprint density at radius 1 is 0.976 bits per heavy atom. The van der Waals surface area contributed by atoms with E-state index in [0.29, 0.717) is 0 Å². The molecule has 2 aliphatic heterocycles. The predicted molar refractivity (Wildman–Crippen MR) is 124 cm³/mol. The second-order valence-corrected chi connectivity index (χ2v) is 11.3. The standard InChI is InChI=1S/C24H28F9N5O4/c1-20(2,3)21(42-19(34)41,11-38-9-12(22(25,26)27)4-5-15(38)39)8-16(40)37-7-6-13-14(10-37)35-18(24(31,32)33)36-17(13)23(28,29)30/h12H,4-11H2,1-3H3,(H2,34,41)/t12?,21-/m1/s1. The summed E-state index contributed by atoms with van der Waals surface area (Å²) >= 11 is 0. The summed E-state index contributed by atoms with van der Waals surface area (Å²) in [5.74, 6) is -5.57. The molecule has 1 aromatic rings. The lowest BCUT2D eigenvalue weighted by molar-refractivity contribution is -0.194. The molecule has 3 amide bonds. The summed E-state index contributed by atoms with van der Waals surface area (Å²) in [5.41, 5.74) is -1.14. The number of carbonyl (C=O) groups excluding carboxylic acids is 3. The van der Waals surface area contributed by atoms with E-state index in [-0.39, 0.29) is 0 Å². The number of likely N-dealkylation sites (tertiary alicyclic amines) is 1. The zero-order chi connectivity index (χ0) is 32.1. The third kappa shape index (κ3) is 7.17. The van der Waals surface area contributed by atoms with Gasteiger partial charge < -0.3 is 20.3 Å². The molecule has 2 atom stereocenters. The van der Waals surface area contributed by atoms with E-state index >= 15 is 0 Å². The average molecular weight is 622 g/mol. The van der Waals surface area contributed by atoms with Gasteiger partial charge in [-0.1, -0.05) is 20.8 Å². The van der Waals surface area contributed by atoms with E-state index in [4.69, 9.17) is 10.5 Å². The molecule has 2 aliphatic rings. The highest BCUT2D eigenvalue weighted by Crippen LogP contribution is 2.42. The second-order valence-electron chi connectivity index (χ2n) is 11.3. The minimum Gasteiger partial charge on any atom is -0.440 e. The van der Waals surface area contributed by atoms with Gasteiger partial charge in [-0.05, 0) is 12.8 Å². The Bertz CT molecular complexity index is 1230. The number of rotatable bonds is 5. The molecule has 0 aliphatic carbocycles. The van der Waals surface area contributed by atoms with Crippen LogP contribution in [-0.4, -0.2) is 69.1 Å². The molecule has 9 nitrogen and oxygen atoms in total. The van der Waals surface area contributed by atoms with Gasteiger partial charge in [0, 0.05) is 30.5 Å². The van der Waals surface area contributed by atoms with Gasteiger partial charge in [-0.25, -0.2) is 14.8 Å². The predicted octanol–water partition coefficient (Wildman–Crippen LogP) is 4.47. The van der Waals surface area contributed by atoms with Crippen LogP contribution in [0.25, 0.3) is 0 Å². The third-order valence-electron chi connectivity index (χ3n) is 7.45. The molecule has 2 N–H and O–H groups in total. The van der Waals surface area contributed by atoms with E-state index in [9.17, 15) is 53.9 Å². The van der Waals surface area contributed by atoms with Crippen LogP contribution < -0.4 is 5.73 Å². The summed E-state index contributed by atoms with van der Waals surface area (Å²) in [7, 11) is 0. The van der Waals surface area contributed by atoms with Crippen LogP contribution in [0.5, 0.6) is 0 Å². The van der Waals surface area contributed by atoms with Gasteiger partial charge in [0.2, 0.25) is 17.6 Å². The van der Waals surface area contributed by atoms with Crippen molar-refractivity contribution in [3.63, 3.8) is 0 Å². The largest absolute Gasteiger partial charge is 0.451 e. The first-order chi connectivity index (χ1) is 18.9. The molecule has 0 radical (unpaired) electrons. The van der Waals surface area contributed by atoms with Gasteiger partial charge in [-0.2, -0.15) is 39.5 Å². The van der Waals surface area contributed by atoms with Gasteiger partial charge in [0.25, 0.3) is 0 Å². The molecule has 0 aromatic carbocycles. The van der Waals surface area contributed by atoms with E-state index in [1.54, 1.807) is 0 Å². The summed E-state index contributed by atoms with van der Waals surface area (Å²) in [4.78, 5) is 45.6. The Hall–Kier alpha value is -3.34. The Kier molecular flexibility index (Phi) is 8.73. The van der Waals surface area contributed by atoms with E-state index < -0.39 is 128 Å². The van der Waals surface area contributed by atoms with Gasteiger partial charge in [-0.3, -0.25) is 9.59 Å². The molecular formula is C24H28F9N5O4. The number of hydrogen-bond donors (Lipinski definition) is 1. The summed E-state index contributed by atoms with van der Waals surface area (Å²) in [6.07, 6.45) is -18.9. The first kappa shape index (κ1) is 33.2. The number of fused-ring (bicyclic) bond motifs is 1. The first-order valence-electron chi connectivity index (χ1n) is 12.6. The summed E-state index contributed by atoms with van der Waals surface area (Å²) < 4.78 is 126. The van der Waals surface area contributed by atoms with E-state index in [1.807, 2.05) is 0 Å². The van der Waals surface area contributed by atoms with Crippen LogP contribution in [0, 0.1) is 11.3 Å². The van der Waals surface area contributed by atoms with Crippen molar-refractivity contribution in [3.8, 4) is 0 Å². The van der Waals surface area contributed by atoms with E-state index in [2.05, 4.69) is 9.97 Å². The first-order valence-corrected chi connectivity index (χ1v) is 12.6. The maximum Gasteiger partial charge on any atom is 0.451 e. The van der Waals surface area contributed by atoms with Gasteiger partial charge in [0.05, 0.1) is 31.1 Å². The fourth-order valence-corrected chi connectivity index (χ4v) is 4.98. The Morgan fingerprint density at radius 3 is 2.10 bits per heavy atom. The highest BCUT2D eigenvalue weighted by atomic mass is 19.4. The number of piperidine rings is 1. The number of primary amides is 1. The van der Waals surface area contributed by atoms with Gasteiger partial charge >= 0.3 is 24.6 Å². The van der Waals surface area contributed by atoms with Crippen molar-refractivity contribution in [1.82, 2.24) is 19.8 Å². The van der Waals surface area contributed by atoms with Crippen molar-refractivity contribution in [1.29, 1.82) is 0 Å². The molecule has 0 bridgehead atoms. The Balaban J connectivity index is 1.97. The van der Waals surface area contributed by atoms with Crippen LogP contribution in [-0.2, 0) is 39.6 Å². The quantitative estimate of drug-likeness (QED) is 0.485. The monoisotopic (exact) mass is 621 g/mol. The van der Waals surface area contributed by atoms with Crippen LogP contribution in [0.2, 0.25) is 0 Å². The van der Waals surface area contributed by atoms with Crippen LogP contribution in [0.15, 0.2) is 0 Å². The van der Waals surface area contributed by atoms with Crippen LogP contribution >= 0.6 is 0 Å². The lowest BCUT2D eigenvalue weighted by atomic mass is 9.73. The highest BCUT2D eigenvalue weighted by molar-refractivity contribution is 5.80. The molecule has 1 aromatic heterocycles. The maximum atomic E-state index is 13.5. The number of hydrogen-bond acceptors (Lipinski definition) is 6. The average Bonchev–Trinajstić information content (AvgIpc) is 2.81. The molecular weight excluding hydrogens is 593 g/mol. The van der Waals surface area contributed by atoms with E-state index in [0.717, 1.165) is 9.80 Å². The summed E-state index contributed by atoms with van der Waals surface area (Å²) in [6.45, 7) is 1.71. The van der Waals surface area contributed by atoms with Crippen molar-refractivity contribution in [3.05, 3.63) is 22.8 Å². The molecule has 1 saturated heterocycles. The number of ether oxygens (including phenoxy) is 1. The third-order valence-corrected chi connectivity index (χ3v) is 7.45. The molecule has 18 heteroatoms. The number of amides is 3. The van der Waals surface area contributed by atoms with E-state index in [1.165, 1.54) is 20.8 Å². The van der Waals surface area contributed by atoms with Gasteiger partial charge in [-0.15, -0.1) is 0 Å². The molecule has 3 heterocycles. The summed E-state index contributed by atoms with van der Waals surface area (Å²) in [5, 5.41) is 0. The second kappa shape index (κ2) is 11.1. The smallest absolute Gasteiger partial charge is 0.440 e. The number of alkyl halides is 9. The number of carbonyl (C=O) groups is 3. The Labute approximate surface area is 233 Å². The fourth-order valence-electron chi connectivity index (χ4n) is 4.98. The number of nitrogens with two attached hydrogens (primary N) is 1. The maximum absolute atomic E-state index is 13.5. The lowest BCUT2D eigenvalue weighted by Crippen LogP contribution is -2.60. The van der Waals surface area contributed by atoms with Crippen molar-refractivity contribution in [2.75, 3.05) is 19.6 Å². The van der Waals surface area contributed by atoms with Crippen LogP contribution in [0.3, 0.4) is 0 Å². The molecule has 42 heavy (non-hydrogen) atoms. The van der Waals surface area contributed by atoms with Crippen LogP contribution in [0.1, 0.15) is 62.8 Å². The van der Waals surface area contributed by atoms with Gasteiger partial charge in [0.1, 0.15) is 5.60 Å². The summed E-state index contributed by atoms with van der Waals surface area (Å²) in [6, 6.07) is 0. The molecule has 1 unspecified atom stereocenters. The minimum atomic E-state index is -5.33. The van der Waals surface area contributed by atoms with Crippen molar-refractivity contribution in [2.24, 2.45) is 17.1 Å². The molecule has 1 fully saturated rings. The highest BCUT2D eigenvalue weighted by Gasteiger charge is 2.52. The zero-order valence-corrected chi connectivity index (χ0v) is 22.6. The number of nitrogens with zero attached hydrogens (tertiary/aromatic N) is 4. The normalized spacial score (nSPS) is 20.2. The molecule has 0 spiro atoms. The molecule has 3 rings (SSSR count). The number of halogens is 9. The SMILES string of the molecule is CC(C)(C)[C@@](CC(=O)N1CCc2c(nc(C(F)(F)F)nc2C(F)(F)F)C1)(CN1CC(C(F)(F)F)CCC1=O)OC(N)=O. The molecule has 0 saturated carbocycles. The lowest BCUT2D eigenvalue weighted by Gasteiger charge is -2.47. The van der Waals surface area contributed by atoms with Crippen molar-refractivity contribution >= 4 is 17.9 Å².